The minimum absolute atomic E-state index is 0.0549. The number of carbonyl (C=O) groups excluding carboxylic acids is 2. The molecule has 8 heteroatoms. The fourth-order valence-corrected chi connectivity index (χ4v) is 3.40. The van der Waals surface area contributed by atoms with E-state index in [0.717, 1.165) is 0 Å². The summed E-state index contributed by atoms with van der Waals surface area (Å²) in [4.78, 5) is 28.1. The number of thiazole rings is 1. The Labute approximate surface area is 165 Å². The van der Waals surface area contributed by atoms with E-state index in [4.69, 9.17) is 4.74 Å². The Kier molecular flexibility index (Phi) is 6.00. The molecule has 3 rings (SSSR count). The lowest BCUT2D eigenvalue weighted by Crippen LogP contribution is -2.15. The predicted molar refractivity (Wildman–Crippen MR) is 107 cm³/mol. The van der Waals surface area contributed by atoms with Crippen LogP contribution in [0.25, 0.3) is 10.6 Å². The second kappa shape index (κ2) is 8.62. The van der Waals surface area contributed by atoms with Crippen molar-refractivity contribution in [2.24, 2.45) is 0 Å². The summed E-state index contributed by atoms with van der Waals surface area (Å²) in [6.07, 6.45) is 0.0549. The summed E-state index contributed by atoms with van der Waals surface area (Å²) < 4.78 is 18.6. The highest BCUT2D eigenvalue weighted by atomic mass is 32.1. The number of nitrogens with one attached hydrogen (secondary N) is 2. The van der Waals surface area contributed by atoms with Crippen LogP contribution < -0.4 is 15.4 Å². The standard InChI is InChI=1S/C20H18FN3O3S/c1-12(25)22-15-6-7-18(27-2)17(9-15)24-19(26)10-16-11-28-20(23-16)13-4-3-5-14(21)8-13/h3-9,11H,10H2,1-2H3,(H,22,25)(H,24,26). The van der Waals surface area contributed by atoms with Gasteiger partial charge in [-0.25, -0.2) is 9.37 Å². The topological polar surface area (TPSA) is 80.3 Å². The minimum Gasteiger partial charge on any atom is -0.495 e. The molecule has 0 aliphatic heterocycles. The average Bonchev–Trinajstić information content (AvgIpc) is 3.10. The van der Waals surface area contributed by atoms with Gasteiger partial charge in [0.2, 0.25) is 11.8 Å². The molecule has 0 fully saturated rings. The van der Waals surface area contributed by atoms with E-state index < -0.39 is 0 Å². The summed E-state index contributed by atoms with van der Waals surface area (Å²) in [7, 11) is 1.49. The van der Waals surface area contributed by atoms with Gasteiger partial charge < -0.3 is 15.4 Å². The van der Waals surface area contributed by atoms with E-state index in [-0.39, 0.29) is 24.1 Å². The molecule has 1 aromatic heterocycles. The van der Waals surface area contributed by atoms with Gasteiger partial charge >= 0.3 is 0 Å². The van der Waals surface area contributed by atoms with Crippen LogP contribution in [0.2, 0.25) is 0 Å². The molecule has 0 bridgehead atoms. The van der Waals surface area contributed by atoms with Crippen LogP contribution in [0.3, 0.4) is 0 Å². The maximum absolute atomic E-state index is 13.4. The van der Waals surface area contributed by atoms with Crippen molar-refractivity contribution >= 4 is 34.5 Å². The van der Waals surface area contributed by atoms with E-state index >= 15 is 0 Å². The molecule has 3 aromatic rings. The van der Waals surface area contributed by atoms with Crippen LogP contribution in [-0.4, -0.2) is 23.9 Å². The van der Waals surface area contributed by atoms with E-state index in [2.05, 4.69) is 15.6 Å². The van der Waals surface area contributed by atoms with Gasteiger partial charge in [0.05, 0.1) is 24.9 Å². The van der Waals surface area contributed by atoms with E-state index in [1.807, 2.05) is 0 Å². The first-order valence-corrected chi connectivity index (χ1v) is 9.28. The Hall–Kier alpha value is -3.26. The first-order chi connectivity index (χ1) is 13.4. The highest BCUT2D eigenvalue weighted by Crippen LogP contribution is 2.28. The lowest BCUT2D eigenvalue weighted by molar-refractivity contribution is -0.116. The Morgan fingerprint density at radius 1 is 1.18 bits per heavy atom. The zero-order chi connectivity index (χ0) is 20.1. The number of halogens is 1. The average molecular weight is 399 g/mol. The van der Waals surface area contributed by atoms with Crippen LogP contribution in [0.5, 0.6) is 5.75 Å². The number of ether oxygens (including phenoxy) is 1. The normalized spacial score (nSPS) is 10.4. The predicted octanol–water partition coefficient (Wildman–Crippen LogP) is 4.10. The molecule has 0 aliphatic carbocycles. The van der Waals surface area contributed by atoms with Gasteiger partial charge in [0.15, 0.2) is 0 Å². The Morgan fingerprint density at radius 2 is 2.00 bits per heavy atom. The molecule has 0 atom stereocenters. The van der Waals surface area contributed by atoms with Gasteiger partial charge in [-0.3, -0.25) is 9.59 Å². The molecular weight excluding hydrogens is 381 g/mol. The third kappa shape index (κ3) is 4.92. The summed E-state index contributed by atoms with van der Waals surface area (Å²) in [5, 5.41) is 7.84. The van der Waals surface area contributed by atoms with Gasteiger partial charge in [0.1, 0.15) is 16.6 Å². The number of benzene rings is 2. The summed E-state index contributed by atoms with van der Waals surface area (Å²) in [5.41, 5.74) is 2.24. The van der Waals surface area contributed by atoms with Crippen LogP contribution >= 0.6 is 11.3 Å². The summed E-state index contributed by atoms with van der Waals surface area (Å²) in [5.74, 6) is -0.358. The van der Waals surface area contributed by atoms with Gasteiger partial charge in [0.25, 0.3) is 0 Å². The third-order valence-corrected chi connectivity index (χ3v) is 4.70. The van der Waals surface area contributed by atoms with Crippen molar-refractivity contribution in [2.45, 2.75) is 13.3 Å². The largest absolute Gasteiger partial charge is 0.495 e. The highest BCUT2D eigenvalue weighted by Gasteiger charge is 2.13. The molecule has 2 N–H and O–H groups in total. The van der Waals surface area contributed by atoms with Crippen LogP contribution in [-0.2, 0) is 16.0 Å². The van der Waals surface area contributed by atoms with E-state index in [9.17, 15) is 14.0 Å². The lowest BCUT2D eigenvalue weighted by Gasteiger charge is -2.12. The molecule has 144 valence electrons. The number of aromatic nitrogens is 1. The maximum atomic E-state index is 13.4. The molecule has 0 unspecified atom stereocenters. The highest BCUT2D eigenvalue weighted by molar-refractivity contribution is 7.13. The van der Waals surface area contributed by atoms with E-state index in [1.54, 1.807) is 35.7 Å². The summed E-state index contributed by atoms with van der Waals surface area (Å²) in [6, 6.07) is 11.1. The molecule has 0 radical (unpaired) electrons. The smallest absolute Gasteiger partial charge is 0.230 e. The number of carbonyl (C=O) groups is 2. The Bertz CT molecular complexity index is 1020. The van der Waals surface area contributed by atoms with Gasteiger partial charge in [-0.05, 0) is 30.3 Å². The number of amides is 2. The zero-order valence-corrected chi connectivity index (χ0v) is 16.1. The molecule has 0 saturated heterocycles. The molecule has 0 spiro atoms. The van der Waals surface area contributed by atoms with Gasteiger partial charge in [0, 0.05) is 23.6 Å². The van der Waals surface area contributed by atoms with Gasteiger partial charge in [-0.15, -0.1) is 11.3 Å². The van der Waals surface area contributed by atoms with Crippen LogP contribution in [0, 0.1) is 5.82 Å². The van der Waals surface area contributed by atoms with E-state index in [0.29, 0.717) is 33.4 Å². The van der Waals surface area contributed by atoms with Crippen LogP contribution in [0.4, 0.5) is 15.8 Å². The van der Waals surface area contributed by atoms with Crippen molar-refractivity contribution in [1.29, 1.82) is 0 Å². The van der Waals surface area contributed by atoms with Gasteiger partial charge in [-0.1, -0.05) is 12.1 Å². The third-order valence-electron chi connectivity index (χ3n) is 3.76. The molecule has 0 saturated carbocycles. The lowest BCUT2D eigenvalue weighted by atomic mass is 10.2. The minimum atomic E-state index is -0.335. The van der Waals surface area contributed by atoms with Crippen LogP contribution in [0.1, 0.15) is 12.6 Å². The molecule has 2 aromatic carbocycles. The van der Waals surface area contributed by atoms with Crippen LogP contribution in [0.15, 0.2) is 47.8 Å². The summed E-state index contributed by atoms with van der Waals surface area (Å²) >= 11 is 1.35. The molecule has 0 aliphatic rings. The van der Waals surface area contributed by atoms with Gasteiger partial charge in [-0.2, -0.15) is 0 Å². The monoisotopic (exact) mass is 399 g/mol. The first kappa shape index (κ1) is 19.5. The van der Waals surface area contributed by atoms with Crippen molar-refractivity contribution in [3.05, 3.63) is 59.4 Å². The SMILES string of the molecule is COc1ccc(NC(C)=O)cc1NC(=O)Cc1csc(-c2cccc(F)c2)n1. The number of anilines is 2. The molecule has 1 heterocycles. The van der Waals surface area contributed by atoms with Crippen molar-refractivity contribution in [1.82, 2.24) is 4.98 Å². The second-order valence-corrected chi connectivity index (χ2v) is 6.83. The van der Waals surface area contributed by atoms with Crippen molar-refractivity contribution in [3.8, 4) is 16.3 Å². The summed E-state index contributed by atoms with van der Waals surface area (Å²) in [6.45, 7) is 1.40. The Balaban J connectivity index is 1.71. The number of nitrogens with zero attached hydrogens (tertiary/aromatic N) is 1. The molecular formula is C20H18FN3O3S. The fourth-order valence-electron chi connectivity index (χ4n) is 2.59. The molecule has 6 nitrogen and oxygen atoms in total. The molecule has 2 amide bonds. The van der Waals surface area contributed by atoms with Crippen molar-refractivity contribution < 1.29 is 18.7 Å². The second-order valence-electron chi connectivity index (χ2n) is 5.98. The zero-order valence-electron chi connectivity index (χ0n) is 15.3. The maximum Gasteiger partial charge on any atom is 0.230 e. The van der Waals surface area contributed by atoms with Crippen molar-refractivity contribution in [3.63, 3.8) is 0 Å². The number of hydrogen-bond donors (Lipinski definition) is 2. The quantitative estimate of drug-likeness (QED) is 0.654. The fraction of sp³-hybridized carbons (Fsp3) is 0.150. The van der Waals surface area contributed by atoms with Crippen molar-refractivity contribution in [2.75, 3.05) is 17.7 Å². The van der Waals surface area contributed by atoms with E-state index in [1.165, 1.54) is 37.5 Å². The number of hydrogen-bond acceptors (Lipinski definition) is 5. The number of methoxy groups -OCH3 is 1. The number of rotatable bonds is 6. The molecule has 28 heavy (non-hydrogen) atoms. The Morgan fingerprint density at radius 3 is 2.71 bits per heavy atom. The first-order valence-electron chi connectivity index (χ1n) is 8.40.